The Hall–Kier alpha value is -4.82. The second-order valence-electron chi connectivity index (χ2n) is 10.7. The van der Waals surface area contributed by atoms with E-state index in [1.165, 1.54) is 61.1 Å². The highest BCUT2D eigenvalue weighted by molar-refractivity contribution is 6.09. The molecule has 0 spiro atoms. The van der Waals surface area contributed by atoms with Gasteiger partial charge in [-0.05, 0) is 66.1 Å². The number of allylic oxidation sites excluding steroid dienone is 2. The summed E-state index contributed by atoms with van der Waals surface area (Å²) in [7, 11) is 0. The molecule has 39 heavy (non-hydrogen) atoms. The molecular formula is C37H28N2. The highest BCUT2D eigenvalue weighted by Gasteiger charge is 2.37. The number of nitrogens with zero attached hydrogens (tertiary/aromatic N) is 2. The van der Waals surface area contributed by atoms with Gasteiger partial charge in [-0.1, -0.05) is 103 Å². The Bertz CT molecular complexity index is 1870. The molecule has 1 aliphatic heterocycles. The van der Waals surface area contributed by atoms with Gasteiger partial charge in [0.05, 0.1) is 17.1 Å². The molecule has 2 nitrogen and oxygen atoms in total. The van der Waals surface area contributed by atoms with Crippen LogP contribution in [0.3, 0.4) is 0 Å². The van der Waals surface area contributed by atoms with Crippen molar-refractivity contribution in [3.63, 3.8) is 0 Å². The van der Waals surface area contributed by atoms with Crippen LogP contribution in [0.15, 0.2) is 145 Å². The zero-order valence-electron chi connectivity index (χ0n) is 21.8. The third-order valence-corrected chi connectivity index (χ3v) is 8.41. The van der Waals surface area contributed by atoms with Crippen LogP contribution in [0.4, 0.5) is 11.4 Å². The van der Waals surface area contributed by atoms with Crippen LogP contribution < -0.4 is 4.90 Å². The molecule has 0 fully saturated rings. The lowest BCUT2D eigenvalue weighted by atomic mass is 9.89. The molecule has 1 aromatic heterocycles. The van der Waals surface area contributed by atoms with E-state index in [-0.39, 0.29) is 0 Å². The number of hydrogen-bond donors (Lipinski definition) is 0. The topological polar surface area (TPSA) is 8.17 Å². The first-order valence-corrected chi connectivity index (χ1v) is 13.7. The molecule has 5 aromatic carbocycles. The maximum absolute atomic E-state index is 2.50. The Labute approximate surface area is 228 Å². The highest BCUT2D eigenvalue weighted by Crippen LogP contribution is 2.48. The van der Waals surface area contributed by atoms with Crippen LogP contribution in [0, 0.1) is 0 Å². The maximum atomic E-state index is 2.50. The zero-order chi connectivity index (χ0) is 25.9. The smallest absolute Gasteiger partial charge is 0.0632 e. The average molecular weight is 501 g/mol. The number of para-hydroxylation sites is 3. The van der Waals surface area contributed by atoms with Crippen LogP contribution in [-0.4, -0.2) is 10.6 Å². The Balaban J connectivity index is 1.14. The van der Waals surface area contributed by atoms with E-state index in [2.05, 4.69) is 156 Å². The number of benzene rings is 5. The Morgan fingerprint density at radius 1 is 0.564 bits per heavy atom. The van der Waals surface area contributed by atoms with Gasteiger partial charge >= 0.3 is 0 Å². The van der Waals surface area contributed by atoms with Crippen molar-refractivity contribution >= 4 is 33.2 Å². The average Bonchev–Trinajstić information content (AvgIpc) is 3.50. The Kier molecular flexibility index (Phi) is 4.90. The van der Waals surface area contributed by atoms with Crippen molar-refractivity contribution in [2.24, 2.45) is 0 Å². The van der Waals surface area contributed by atoms with Crippen molar-refractivity contribution in [3.05, 3.63) is 151 Å². The van der Waals surface area contributed by atoms with Crippen LogP contribution >= 0.6 is 0 Å². The Morgan fingerprint density at radius 2 is 1.13 bits per heavy atom. The summed E-state index contributed by atoms with van der Waals surface area (Å²) < 4.78 is 2.37. The first-order valence-electron chi connectivity index (χ1n) is 13.7. The summed E-state index contributed by atoms with van der Waals surface area (Å²) in [6.45, 7) is 2.19. The SMILES string of the molecule is CC1=CC2C(C=C1)c1ccccc1N2c1ccc(-c2ccc(-n3c4ccccc4c4ccccc43)cc2)cc1. The van der Waals surface area contributed by atoms with Gasteiger partial charge in [-0.15, -0.1) is 0 Å². The zero-order valence-corrected chi connectivity index (χ0v) is 21.8. The van der Waals surface area contributed by atoms with Crippen LogP contribution in [0.25, 0.3) is 38.6 Å². The van der Waals surface area contributed by atoms with Gasteiger partial charge in [0.25, 0.3) is 0 Å². The fraction of sp³-hybridized carbons (Fsp3) is 0.0811. The molecule has 2 unspecified atom stereocenters. The summed E-state index contributed by atoms with van der Waals surface area (Å²) in [6, 6.07) is 44.5. The van der Waals surface area contributed by atoms with Gasteiger partial charge in [-0.3, -0.25) is 0 Å². The number of rotatable bonds is 3. The molecule has 0 N–H and O–H groups in total. The second-order valence-corrected chi connectivity index (χ2v) is 10.7. The van der Waals surface area contributed by atoms with Crippen molar-refractivity contribution < 1.29 is 0 Å². The van der Waals surface area contributed by atoms with Crippen LogP contribution in [0.5, 0.6) is 0 Å². The van der Waals surface area contributed by atoms with Gasteiger partial charge in [0.15, 0.2) is 0 Å². The van der Waals surface area contributed by atoms with E-state index < -0.39 is 0 Å². The summed E-state index contributed by atoms with van der Waals surface area (Å²) >= 11 is 0. The molecular weight excluding hydrogens is 472 g/mol. The van der Waals surface area contributed by atoms with Crippen LogP contribution in [0.2, 0.25) is 0 Å². The second kappa shape index (κ2) is 8.61. The number of anilines is 2. The third kappa shape index (κ3) is 3.42. The van der Waals surface area contributed by atoms with Crippen molar-refractivity contribution in [3.8, 4) is 16.8 Å². The fourth-order valence-corrected chi connectivity index (χ4v) is 6.60. The van der Waals surface area contributed by atoms with Crippen molar-refractivity contribution in [2.45, 2.75) is 18.9 Å². The minimum absolute atomic E-state index is 0.323. The minimum atomic E-state index is 0.323. The molecule has 186 valence electrons. The lowest BCUT2D eigenvalue weighted by molar-refractivity contribution is 0.738. The molecule has 8 rings (SSSR count). The van der Waals surface area contributed by atoms with Crippen molar-refractivity contribution in [1.29, 1.82) is 0 Å². The summed E-state index contributed by atoms with van der Waals surface area (Å²) in [5.41, 5.74) is 11.4. The van der Waals surface area contributed by atoms with Gasteiger partial charge in [0.2, 0.25) is 0 Å². The lowest BCUT2D eigenvalue weighted by Gasteiger charge is -2.29. The van der Waals surface area contributed by atoms with Gasteiger partial charge in [0, 0.05) is 33.8 Å². The van der Waals surface area contributed by atoms with Crippen molar-refractivity contribution in [1.82, 2.24) is 4.57 Å². The van der Waals surface area contributed by atoms with Gasteiger partial charge in [-0.2, -0.15) is 0 Å². The number of fused-ring (bicyclic) bond motifs is 6. The standard InChI is InChI=1S/C37H28N2/c1-25-14-23-33-32-10-4-7-13-36(32)39(37(33)24-25)29-21-17-27(18-22-29)26-15-19-28(20-16-26)38-34-11-5-2-8-30(34)31-9-3-6-12-35(31)38/h2-24,33,37H,1H3. The van der Waals surface area contributed by atoms with E-state index in [1.54, 1.807) is 0 Å². The molecule has 0 saturated carbocycles. The van der Waals surface area contributed by atoms with E-state index >= 15 is 0 Å². The number of aromatic nitrogens is 1. The fourth-order valence-electron chi connectivity index (χ4n) is 6.60. The molecule has 2 aliphatic rings. The Morgan fingerprint density at radius 3 is 1.79 bits per heavy atom. The molecule has 2 heterocycles. The molecule has 0 bridgehead atoms. The van der Waals surface area contributed by atoms with E-state index in [0.717, 1.165) is 0 Å². The molecule has 2 heteroatoms. The summed E-state index contributed by atoms with van der Waals surface area (Å²) in [6.07, 6.45) is 7.03. The molecule has 6 aromatic rings. The predicted octanol–water partition coefficient (Wildman–Crippen LogP) is 9.57. The van der Waals surface area contributed by atoms with E-state index in [4.69, 9.17) is 0 Å². The van der Waals surface area contributed by atoms with Crippen LogP contribution in [-0.2, 0) is 0 Å². The minimum Gasteiger partial charge on any atom is -0.333 e. The molecule has 2 atom stereocenters. The van der Waals surface area contributed by atoms with Gasteiger partial charge in [0.1, 0.15) is 0 Å². The summed E-state index contributed by atoms with van der Waals surface area (Å²) in [5, 5.41) is 2.58. The van der Waals surface area contributed by atoms with Crippen LogP contribution in [0.1, 0.15) is 18.4 Å². The van der Waals surface area contributed by atoms with Gasteiger partial charge < -0.3 is 9.47 Å². The summed E-state index contributed by atoms with van der Waals surface area (Å²) in [4.78, 5) is 2.50. The van der Waals surface area contributed by atoms with E-state index in [1.807, 2.05) is 0 Å². The molecule has 1 aliphatic carbocycles. The third-order valence-electron chi connectivity index (χ3n) is 8.41. The van der Waals surface area contributed by atoms with Crippen molar-refractivity contribution in [2.75, 3.05) is 4.90 Å². The molecule has 0 radical (unpaired) electrons. The first kappa shape index (κ1) is 22.2. The quantitative estimate of drug-likeness (QED) is 0.235. The lowest BCUT2D eigenvalue weighted by Crippen LogP contribution is -2.29. The maximum Gasteiger partial charge on any atom is 0.0632 e. The van der Waals surface area contributed by atoms with Gasteiger partial charge in [-0.25, -0.2) is 0 Å². The van der Waals surface area contributed by atoms with E-state index in [9.17, 15) is 0 Å². The summed E-state index contributed by atoms with van der Waals surface area (Å²) in [5.74, 6) is 0.401. The molecule has 0 saturated heterocycles. The first-order chi connectivity index (χ1) is 19.3. The monoisotopic (exact) mass is 500 g/mol. The largest absolute Gasteiger partial charge is 0.333 e. The number of hydrogen-bond acceptors (Lipinski definition) is 1. The predicted molar refractivity (Wildman–Crippen MR) is 164 cm³/mol. The highest BCUT2D eigenvalue weighted by atomic mass is 15.2. The normalized spacial score (nSPS) is 17.9. The van der Waals surface area contributed by atoms with E-state index in [0.29, 0.717) is 12.0 Å². The molecule has 0 amide bonds.